The lowest BCUT2D eigenvalue weighted by molar-refractivity contribution is 0.259. The highest BCUT2D eigenvalue weighted by Gasteiger charge is 2.11. The third kappa shape index (κ3) is 4.15. The summed E-state index contributed by atoms with van der Waals surface area (Å²) in [6, 6.07) is 5.48. The van der Waals surface area contributed by atoms with E-state index in [1.165, 1.54) is 0 Å². The fourth-order valence-corrected chi connectivity index (χ4v) is 1.76. The molecular formula is C13H22N2O2. The molecule has 0 amide bonds. The molecule has 0 aromatic heterocycles. The lowest BCUT2D eigenvalue weighted by Crippen LogP contribution is -2.26. The van der Waals surface area contributed by atoms with Gasteiger partial charge in [0.25, 0.3) is 0 Å². The molecule has 4 heteroatoms. The Kier molecular flexibility index (Phi) is 5.10. The Bertz CT molecular complexity index is 353. The second-order valence-electron chi connectivity index (χ2n) is 4.61. The van der Waals surface area contributed by atoms with Crippen molar-refractivity contribution in [2.24, 2.45) is 5.92 Å². The lowest BCUT2D eigenvalue weighted by atomic mass is 10.0. The highest BCUT2D eigenvalue weighted by Crippen LogP contribution is 2.25. The Hall–Kier alpha value is -1.42. The molecule has 0 aliphatic heterocycles. The fourth-order valence-electron chi connectivity index (χ4n) is 1.76. The molecule has 4 nitrogen and oxygen atoms in total. The van der Waals surface area contributed by atoms with Crippen LogP contribution < -0.4 is 15.8 Å². The molecule has 4 N–H and O–H groups in total. The molecule has 0 aliphatic carbocycles. The summed E-state index contributed by atoms with van der Waals surface area (Å²) in [6.07, 6.45) is 0.896. The van der Waals surface area contributed by atoms with Crippen molar-refractivity contribution in [3.63, 3.8) is 0 Å². The zero-order valence-corrected chi connectivity index (χ0v) is 10.7. The summed E-state index contributed by atoms with van der Waals surface area (Å²) >= 11 is 0. The molecule has 0 spiro atoms. The standard InChI is InChI=1S/C13H22N2O2/c1-9(2)6-10(8-16)15-13-7-11(17-3)4-5-12(13)14/h4-5,7,9-10,15-16H,6,8,14H2,1-3H3. The Morgan fingerprint density at radius 3 is 2.65 bits per heavy atom. The third-order valence-electron chi connectivity index (χ3n) is 2.60. The van der Waals surface area contributed by atoms with E-state index in [4.69, 9.17) is 10.5 Å². The number of hydrogen-bond acceptors (Lipinski definition) is 4. The van der Waals surface area contributed by atoms with Crippen LogP contribution in [0, 0.1) is 5.92 Å². The van der Waals surface area contributed by atoms with Crippen LogP contribution in [0.25, 0.3) is 0 Å². The number of anilines is 2. The maximum atomic E-state index is 9.32. The number of benzene rings is 1. The Labute approximate surface area is 103 Å². The van der Waals surface area contributed by atoms with Crippen molar-refractivity contribution >= 4 is 11.4 Å². The van der Waals surface area contributed by atoms with Gasteiger partial charge in [0, 0.05) is 12.1 Å². The van der Waals surface area contributed by atoms with Crippen LogP contribution in [0.2, 0.25) is 0 Å². The van der Waals surface area contributed by atoms with Crippen LogP contribution in [0.1, 0.15) is 20.3 Å². The quantitative estimate of drug-likeness (QED) is 0.664. The molecule has 1 unspecified atom stereocenters. The van der Waals surface area contributed by atoms with Crippen molar-refractivity contribution in [1.82, 2.24) is 0 Å². The van der Waals surface area contributed by atoms with Crippen LogP contribution in [-0.4, -0.2) is 24.9 Å². The van der Waals surface area contributed by atoms with Crippen LogP contribution in [-0.2, 0) is 0 Å². The van der Waals surface area contributed by atoms with Crippen molar-refractivity contribution in [3.05, 3.63) is 18.2 Å². The van der Waals surface area contributed by atoms with Gasteiger partial charge in [0.2, 0.25) is 0 Å². The normalized spacial score (nSPS) is 12.5. The number of hydrogen-bond donors (Lipinski definition) is 3. The van der Waals surface area contributed by atoms with Gasteiger partial charge < -0.3 is 20.9 Å². The number of methoxy groups -OCH3 is 1. The second kappa shape index (κ2) is 6.35. The van der Waals surface area contributed by atoms with Gasteiger partial charge >= 0.3 is 0 Å². The van der Waals surface area contributed by atoms with Crippen LogP contribution in [0.3, 0.4) is 0 Å². The average Bonchev–Trinajstić information content (AvgIpc) is 2.30. The van der Waals surface area contributed by atoms with Gasteiger partial charge in [-0.3, -0.25) is 0 Å². The predicted octanol–water partition coefficient (Wildman–Crippen LogP) is 2.10. The Morgan fingerprint density at radius 1 is 1.41 bits per heavy atom. The van der Waals surface area contributed by atoms with Gasteiger partial charge in [-0.15, -0.1) is 0 Å². The molecule has 1 rings (SSSR count). The molecule has 0 saturated carbocycles. The number of aliphatic hydroxyl groups excluding tert-OH is 1. The van der Waals surface area contributed by atoms with Crippen molar-refractivity contribution in [2.45, 2.75) is 26.3 Å². The summed E-state index contributed by atoms with van der Waals surface area (Å²) < 4.78 is 5.15. The number of nitrogens with two attached hydrogens (primary N) is 1. The number of rotatable bonds is 6. The SMILES string of the molecule is COc1ccc(N)c(NC(CO)CC(C)C)c1. The maximum absolute atomic E-state index is 9.32. The van der Waals surface area contributed by atoms with Crippen molar-refractivity contribution in [2.75, 3.05) is 24.8 Å². The second-order valence-corrected chi connectivity index (χ2v) is 4.61. The average molecular weight is 238 g/mol. The van der Waals surface area contributed by atoms with E-state index in [1.807, 2.05) is 12.1 Å². The number of ether oxygens (including phenoxy) is 1. The minimum atomic E-state index is 0.0180. The molecule has 0 fully saturated rings. The first-order valence-corrected chi connectivity index (χ1v) is 5.87. The molecule has 0 bridgehead atoms. The highest BCUT2D eigenvalue weighted by atomic mass is 16.5. The van der Waals surface area contributed by atoms with E-state index in [1.54, 1.807) is 13.2 Å². The van der Waals surface area contributed by atoms with Gasteiger partial charge in [0.1, 0.15) is 5.75 Å². The summed E-state index contributed by atoms with van der Waals surface area (Å²) in [4.78, 5) is 0. The largest absolute Gasteiger partial charge is 0.497 e. The molecule has 1 aromatic rings. The highest BCUT2D eigenvalue weighted by molar-refractivity contribution is 5.68. The van der Waals surface area contributed by atoms with E-state index < -0.39 is 0 Å². The van der Waals surface area contributed by atoms with E-state index in [0.29, 0.717) is 11.6 Å². The van der Waals surface area contributed by atoms with E-state index in [-0.39, 0.29) is 12.6 Å². The van der Waals surface area contributed by atoms with Crippen LogP contribution >= 0.6 is 0 Å². The van der Waals surface area contributed by atoms with Crippen molar-refractivity contribution in [1.29, 1.82) is 0 Å². The lowest BCUT2D eigenvalue weighted by Gasteiger charge is -2.21. The Balaban J connectivity index is 2.77. The van der Waals surface area contributed by atoms with Gasteiger partial charge in [-0.2, -0.15) is 0 Å². The first-order chi connectivity index (χ1) is 8.06. The van der Waals surface area contributed by atoms with Gasteiger partial charge in [-0.05, 0) is 24.5 Å². The van der Waals surface area contributed by atoms with E-state index in [2.05, 4.69) is 19.2 Å². The monoisotopic (exact) mass is 238 g/mol. The summed E-state index contributed by atoms with van der Waals surface area (Å²) in [5, 5.41) is 12.6. The molecule has 1 aromatic carbocycles. The van der Waals surface area contributed by atoms with Gasteiger partial charge in [-0.1, -0.05) is 13.8 Å². The Morgan fingerprint density at radius 2 is 2.12 bits per heavy atom. The number of aliphatic hydroxyl groups is 1. The molecule has 0 radical (unpaired) electrons. The molecule has 17 heavy (non-hydrogen) atoms. The smallest absolute Gasteiger partial charge is 0.121 e. The summed E-state index contributed by atoms with van der Waals surface area (Å²) in [7, 11) is 1.62. The fraction of sp³-hybridized carbons (Fsp3) is 0.538. The molecule has 96 valence electrons. The summed E-state index contributed by atoms with van der Waals surface area (Å²) in [5.41, 5.74) is 7.35. The van der Waals surface area contributed by atoms with Gasteiger partial charge in [-0.25, -0.2) is 0 Å². The molecule has 0 aliphatic rings. The summed E-state index contributed by atoms with van der Waals surface area (Å²) in [5.74, 6) is 1.27. The van der Waals surface area contributed by atoms with Crippen LogP contribution in [0.4, 0.5) is 11.4 Å². The topological polar surface area (TPSA) is 67.5 Å². The predicted molar refractivity (Wildman–Crippen MR) is 71.4 cm³/mol. The number of nitrogen functional groups attached to an aromatic ring is 1. The molecular weight excluding hydrogens is 216 g/mol. The van der Waals surface area contributed by atoms with Crippen LogP contribution in [0.5, 0.6) is 5.75 Å². The minimum absolute atomic E-state index is 0.0180. The van der Waals surface area contributed by atoms with E-state index in [0.717, 1.165) is 17.9 Å². The zero-order valence-electron chi connectivity index (χ0n) is 10.7. The molecule has 0 heterocycles. The van der Waals surface area contributed by atoms with Gasteiger partial charge in [0.05, 0.1) is 25.1 Å². The van der Waals surface area contributed by atoms with E-state index >= 15 is 0 Å². The van der Waals surface area contributed by atoms with Crippen LogP contribution in [0.15, 0.2) is 18.2 Å². The van der Waals surface area contributed by atoms with E-state index in [9.17, 15) is 5.11 Å². The summed E-state index contributed by atoms with van der Waals surface area (Å²) in [6.45, 7) is 4.34. The van der Waals surface area contributed by atoms with Crippen molar-refractivity contribution < 1.29 is 9.84 Å². The molecule has 1 atom stereocenters. The minimum Gasteiger partial charge on any atom is -0.497 e. The first-order valence-electron chi connectivity index (χ1n) is 5.87. The maximum Gasteiger partial charge on any atom is 0.121 e. The number of nitrogens with one attached hydrogen (secondary N) is 1. The van der Waals surface area contributed by atoms with Gasteiger partial charge in [0.15, 0.2) is 0 Å². The molecule has 0 saturated heterocycles. The third-order valence-corrected chi connectivity index (χ3v) is 2.60. The first kappa shape index (κ1) is 13.6. The van der Waals surface area contributed by atoms with Crippen molar-refractivity contribution in [3.8, 4) is 5.75 Å². The zero-order chi connectivity index (χ0) is 12.8.